The molecule has 0 amide bonds. The highest BCUT2D eigenvalue weighted by Gasteiger charge is 2.33. The van der Waals surface area contributed by atoms with Gasteiger partial charge in [0.05, 0.1) is 0 Å². The van der Waals surface area contributed by atoms with Crippen molar-refractivity contribution in [2.24, 2.45) is 0 Å². The third-order valence-electron chi connectivity index (χ3n) is 3.27. The molecule has 0 fully saturated rings. The molecule has 1 rings (SSSR count). The Bertz CT molecular complexity index is 465. The third kappa shape index (κ3) is 4.23. The molecule has 4 heteroatoms. The highest BCUT2D eigenvalue weighted by molar-refractivity contribution is 5.78. The molecule has 4 nitrogen and oxygen atoms in total. The number of ether oxygens (including phenoxy) is 1. The number of nitrogens with one attached hydrogen (secondary N) is 1. The Hall–Kier alpha value is -1.55. The maximum absolute atomic E-state index is 11.3. The van der Waals surface area contributed by atoms with Crippen molar-refractivity contribution in [1.82, 2.24) is 5.32 Å². The number of carboxylic acid groups (broad SMARTS) is 1. The zero-order chi connectivity index (χ0) is 15.4. The zero-order valence-electron chi connectivity index (χ0n) is 13.0. The molecule has 0 radical (unpaired) electrons. The van der Waals surface area contributed by atoms with Gasteiger partial charge in [-0.05, 0) is 36.6 Å². The molecule has 0 spiro atoms. The highest BCUT2D eigenvalue weighted by Crippen LogP contribution is 2.26. The quantitative estimate of drug-likeness (QED) is 0.840. The van der Waals surface area contributed by atoms with E-state index in [1.54, 1.807) is 6.92 Å². The van der Waals surface area contributed by atoms with Crippen molar-refractivity contribution in [3.05, 3.63) is 29.8 Å². The molecule has 1 atom stereocenters. The Balaban J connectivity index is 2.81. The standard InChI is InChI=1S/C16H25NO3/c1-6-17-16(5,14(18)19)11-20-13-9-7-8-12(10-13)15(2,3)4/h7-10,17H,6,11H2,1-5H3,(H,18,19). The number of aliphatic carboxylic acids is 1. The average Bonchev–Trinajstić information content (AvgIpc) is 2.36. The van der Waals surface area contributed by atoms with Gasteiger partial charge in [0.15, 0.2) is 0 Å². The van der Waals surface area contributed by atoms with E-state index in [4.69, 9.17) is 4.74 Å². The number of carbonyl (C=O) groups is 1. The van der Waals surface area contributed by atoms with Crippen LogP contribution in [-0.4, -0.2) is 29.8 Å². The number of carboxylic acids is 1. The summed E-state index contributed by atoms with van der Waals surface area (Å²) < 4.78 is 5.68. The normalized spacial score (nSPS) is 14.7. The summed E-state index contributed by atoms with van der Waals surface area (Å²) in [4.78, 5) is 11.3. The minimum Gasteiger partial charge on any atom is -0.491 e. The van der Waals surface area contributed by atoms with E-state index in [1.165, 1.54) is 0 Å². The number of hydrogen-bond donors (Lipinski definition) is 2. The predicted octanol–water partition coefficient (Wildman–Crippen LogP) is 2.82. The van der Waals surface area contributed by atoms with E-state index in [2.05, 4.69) is 26.1 Å². The summed E-state index contributed by atoms with van der Waals surface area (Å²) in [5.41, 5.74) is 0.124. The van der Waals surface area contributed by atoms with E-state index in [1.807, 2.05) is 31.2 Å². The first-order valence-electron chi connectivity index (χ1n) is 6.91. The van der Waals surface area contributed by atoms with E-state index in [0.717, 1.165) is 5.56 Å². The van der Waals surface area contributed by atoms with Gasteiger partial charge in [-0.2, -0.15) is 0 Å². The lowest BCUT2D eigenvalue weighted by Gasteiger charge is -2.26. The summed E-state index contributed by atoms with van der Waals surface area (Å²) in [6.45, 7) is 10.6. The molecule has 2 N–H and O–H groups in total. The molecule has 0 aliphatic rings. The van der Waals surface area contributed by atoms with Crippen LogP contribution in [0.3, 0.4) is 0 Å². The van der Waals surface area contributed by atoms with Crippen LogP contribution < -0.4 is 10.1 Å². The van der Waals surface area contributed by atoms with Gasteiger partial charge < -0.3 is 9.84 Å². The van der Waals surface area contributed by atoms with Crippen molar-refractivity contribution in [1.29, 1.82) is 0 Å². The van der Waals surface area contributed by atoms with Crippen LogP contribution in [-0.2, 0) is 10.2 Å². The summed E-state index contributed by atoms with van der Waals surface area (Å²) in [6, 6.07) is 7.80. The van der Waals surface area contributed by atoms with Gasteiger partial charge in [-0.25, -0.2) is 0 Å². The van der Waals surface area contributed by atoms with Crippen LogP contribution in [0.25, 0.3) is 0 Å². The van der Waals surface area contributed by atoms with Gasteiger partial charge in [0.2, 0.25) is 0 Å². The fraction of sp³-hybridized carbons (Fsp3) is 0.562. The second kappa shape index (κ2) is 6.27. The average molecular weight is 279 g/mol. The van der Waals surface area contributed by atoms with Gasteiger partial charge in [0, 0.05) is 0 Å². The van der Waals surface area contributed by atoms with E-state index < -0.39 is 11.5 Å². The van der Waals surface area contributed by atoms with E-state index >= 15 is 0 Å². The van der Waals surface area contributed by atoms with Gasteiger partial charge in [0.25, 0.3) is 0 Å². The monoisotopic (exact) mass is 279 g/mol. The Morgan fingerprint density at radius 2 is 1.95 bits per heavy atom. The lowest BCUT2D eigenvalue weighted by Crippen LogP contribution is -2.53. The van der Waals surface area contributed by atoms with Crippen molar-refractivity contribution < 1.29 is 14.6 Å². The summed E-state index contributed by atoms with van der Waals surface area (Å²) in [6.07, 6.45) is 0. The Kier molecular flexibility index (Phi) is 5.17. The summed E-state index contributed by atoms with van der Waals surface area (Å²) in [5.74, 6) is -0.214. The fourth-order valence-electron chi connectivity index (χ4n) is 1.86. The molecular formula is C16H25NO3. The molecule has 0 saturated carbocycles. The maximum atomic E-state index is 11.3. The topological polar surface area (TPSA) is 58.6 Å². The lowest BCUT2D eigenvalue weighted by atomic mass is 9.87. The molecule has 0 heterocycles. The summed E-state index contributed by atoms with van der Waals surface area (Å²) >= 11 is 0. The molecule has 0 aliphatic heterocycles. The number of likely N-dealkylation sites (N-methyl/N-ethyl adjacent to an activating group) is 1. The minimum atomic E-state index is -1.08. The highest BCUT2D eigenvalue weighted by atomic mass is 16.5. The minimum absolute atomic E-state index is 0.0388. The SMILES string of the molecule is CCNC(C)(COc1cccc(C(C)(C)C)c1)C(=O)O. The number of benzene rings is 1. The van der Waals surface area contributed by atoms with Gasteiger partial charge >= 0.3 is 5.97 Å². The first-order valence-corrected chi connectivity index (χ1v) is 6.91. The molecule has 20 heavy (non-hydrogen) atoms. The fourth-order valence-corrected chi connectivity index (χ4v) is 1.86. The summed E-state index contributed by atoms with van der Waals surface area (Å²) in [5, 5.41) is 12.2. The molecule has 0 bridgehead atoms. The van der Waals surface area contributed by atoms with Crippen molar-refractivity contribution in [3.63, 3.8) is 0 Å². The number of rotatable bonds is 6. The van der Waals surface area contributed by atoms with Crippen LogP contribution >= 0.6 is 0 Å². The largest absolute Gasteiger partial charge is 0.491 e. The van der Waals surface area contributed by atoms with Crippen LogP contribution in [0.4, 0.5) is 0 Å². The molecular weight excluding hydrogens is 254 g/mol. The first-order chi connectivity index (χ1) is 9.19. The predicted molar refractivity (Wildman–Crippen MR) is 80.4 cm³/mol. The van der Waals surface area contributed by atoms with Crippen molar-refractivity contribution in [2.45, 2.75) is 45.6 Å². The van der Waals surface area contributed by atoms with Crippen molar-refractivity contribution in [2.75, 3.05) is 13.2 Å². The van der Waals surface area contributed by atoms with Crippen LogP contribution in [0, 0.1) is 0 Å². The molecule has 1 aromatic carbocycles. The van der Waals surface area contributed by atoms with E-state index in [-0.39, 0.29) is 12.0 Å². The first kappa shape index (κ1) is 16.5. The van der Waals surface area contributed by atoms with E-state index in [9.17, 15) is 9.90 Å². The zero-order valence-corrected chi connectivity index (χ0v) is 13.0. The summed E-state index contributed by atoms with van der Waals surface area (Å²) in [7, 11) is 0. The van der Waals surface area contributed by atoms with E-state index in [0.29, 0.717) is 12.3 Å². The lowest BCUT2D eigenvalue weighted by molar-refractivity contribution is -0.145. The molecule has 0 saturated heterocycles. The Morgan fingerprint density at radius 1 is 1.30 bits per heavy atom. The molecule has 1 aromatic rings. The van der Waals surface area contributed by atoms with Gasteiger partial charge in [-0.1, -0.05) is 39.8 Å². The number of hydrogen-bond acceptors (Lipinski definition) is 3. The maximum Gasteiger partial charge on any atom is 0.327 e. The van der Waals surface area contributed by atoms with Gasteiger partial charge in [-0.3, -0.25) is 10.1 Å². The third-order valence-corrected chi connectivity index (χ3v) is 3.27. The second-order valence-corrected chi connectivity index (χ2v) is 6.23. The van der Waals surface area contributed by atoms with Crippen molar-refractivity contribution >= 4 is 5.97 Å². The van der Waals surface area contributed by atoms with Crippen LogP contribution in [0.5, 0.6) is 5.75 Å². The smallest absolute Gasteiger partial charge is 0.327 e. The van der Waals surface area contributed by atoms with Gasteiger partial charge in [-0.15, -0.1) is 0 Å². The molecule has 0 aromatic heterocycles. The van der Waals surface area contributed by atoms with Crippen LogP contribution in [0.2, 0.25) is 0 Å². The van der Waals surface area contributed by atoms with Gasteiger partial charge in [0.1, 0.15) is 17.9 Å². The molecule has 112 valence electrons. The van der Waals surface area contributed by atoms with Crippen LogP contribution in [0.15, 0.2) is 24.3 Å². The van der Waals surface area contributed by atoms with Crippen molar-refractivity contribution in [3.8, 4) is 5.75 Å². The Morgan fingerprint density at radius 3 is 2.45 bits per heavy atom. The Labute approximate surface area is 121 Å². The molecule has 0 aliphatic carbocycles. The van der Waals surface area contributed by atoms with Crippen LogP contribution in [0.1, 0.15) is 40.2 Å². The second-order valence-electron chi connectivity index (χ2n) is 6.23. The molecule has 1 unspecified atom stereocenters.